The first-order chi connectivity index (χ1) is 7.31. The number of carbonyl (C=O) groups is 1. The number of hydrogen-bond donors (Lipinski definition) is 0. The van der Waals surface area contributed by atoms with Crippen molar-refractivity contribution in [2.45, 2.75) is 0 Å². The van der Waals surface area contributed by atoms with Gasteiger partial charge in [0.25, 0.3) is 0 Å². The van der Waals surface area contributed by atoms with Crippen LogP contribution in [0, 0.1) is 0 Å². The number of carbonyl (C=O) groups excluding carboxylic acids is 1. The summed E-state index contributed by atoms with van der Waals surface area (Å²) in [6.45, 7) is 0. The summed E-state index contributed by atoms with van der Waals surface area (Å²) in [4.78, 5) is 22.9. The second kappa shape index (κ2) is 3.87. The molecule has 6 heteroatoms. The summed E-state index contributed by atoms with van der Waals surface area (Å²) in [7, 11) is 1.29. The molecule has 0 aliphatic rings. The van der Waals surface area contributed by atoms with Crippen molar-refractivity contribution in [3.05, 3.63) is 36.8 Å². The van der Waals surface area contributed by atoms with Gasteiger partial charge in [-0.05, 0) is 6.07 Å². The first kappa shape index (κ1) is 9.32. The lowest BCUT2D eigenvalue weighted by molar-refractivity contribution is 0.0586. The van der Waals surface area contributed by atoms with Crippen LogP contribution in [-0.2, 0) is 4.74 Å². The van der Waals surface area contributed by atoms with Crippen LogP contribution in [0.2, 0.25) is 0 Å². The van der Waals surface area contributed by atoms with Crippen molar-refractivity contribution in [1.29, 1.82) is 0 Å². The van der Waals surface area contributed by atoms with Crippen LogP contribution in [0.3, 0.4) is 0 Å². The number of esters is 1. The minimum absolute atomic E-state index is 0.0312. The second-order valence-electron chi connectivity index (χ2n) is 2.70. The van der Waals surface area contributed by atoms with Crippen molar-refractivity contribution in [1.82, 2.24) is 19.5 Å². The van der Waals surface area contributed by atoms with E-state index in [4.69, 9.17) is 0 Å². The molecule has 2 heterocycles. The zero-order valence-electron chi connectivity index (χ0n) is 7.99. The maximum Gasteiger partial charge on any atom is 0.376 e. The Labute approximate surface area is 85.6 Å². The van der Waals surface area contributed by atoms with Crippen molar-refractivity contribution >= 4 is 5.97 Å². The number of rotatable bonds is 2. The minimum Gasteiger partial charge on any atom is -0.463 e. The molecule has 0 bridgehead atoms. The zero-order valence-corrected chi connectivity index (χ0v) is 7.99. The number of ether oxygens (including phenoxy) is 1. The average molecular weight is 204 g/mol. The van der Waals surface area contributed by atoms with Gasteiger partial charge >= 0.3 is 5.97 Å². The number of nitrogens with zero attached hydrogens (tertiary/aromatic N) is 4. The van der Waals surface area contributed by atoms with Crippen molar-refractivity contribution in [3.8, 4) is 5.82 Å². The highest BCUT2D eigenvalue weighted by atomic mass is 16.5. The van der Waals surface area contributed by atoms with Crippen LogP contribution in [0.1, 0.15) is 10.6 Å². The molecule has 0 saturated heterocycles. The molecule has 0 aliphatic heterocycles. The van der Waals surface area contributed by atoms with E-state index in [0.29, 0.717) is 5.82 Å². The molecular formula is C9H8N4O2. The van der Waals surface area contributed by atoms with Crippen LogP contribution in [0.25, 0.3) is 5.82 Å². The minimum atomic E-state index is -0.558. The van der Waals surface area contributed by atoms with Crippen LogP contribution < -0.4 is 0 Å². The fourth-order valence-electron chi connectivity index (χ4n) is 1.08. The van der Waals surface area contributed by atoms with Crippen molar-refractivity contribution in [3.63, 3.8) is 0 Å². The molecule has 0 radical (unpaired) electrons. The smallest absolute Gasteiger partial charge is 0.376 e. The molecule has 0 amide bonds. The van der Waals surface area contributed by atoms with Gasteiger partial charge in [0.2, 0.25) is 5.82 Å². The van der Waals surface area contributed by atoms with Crippen LogP contribution in [-0.4, -0.2) is 32.6 Å². The summed E-state index contributed by atoms with van der Waals surface area (Å²) < 4.78 is 6.19. The topological polar surface area (TPSA) is 69.9 Å². The first-order valence-electron chi connectivity index (χ1n) is 4.21. The fraction of sp³-hybridized carbons (Fsp3) is 0.111. The summed E-state index contributed by atoms with van der Waals surface area (Å²) in [5.74, 6) is 0.0450. The molecule has 76 valence electrons. The largest absolute Gasteiger partial charge is 0.463 e. The van der Waals surface area contributed by atoms with Gasteiger partial charge in [-0.2, -0.15) is 0 Å². The Kier molecular flexibility index (Phi) is 2.40. The quantitative estimate of drug-likeness (QED) is 0.664. The van der Waals surface area contributed by atoms with E-state index in [2.05, 4.69) is 19.7 Å². The third kappa shape index (κ3) is 1.83. The normalized spacial score (nSPS) is 9.93. The van der Waals surface area contributed by atoms with Gasteiger partial charge in [0.1, 0.15) is 12.1 Å². The van der Waals surface area contributed by atoms with E-state index < -0.39 is 5.97 Å². The van der Waals surface area contributed by atoms with Crippen LogP contribution >= 0.6 is 0 Å². The highest BCUT2D eigenvalue weighted by Gasteiger charge is 2.09. The Morgan fingerprint density at radius 1 is 1.47 bits per heavy atom. The maximum absolute atomic E-state index is 11.2. The van der Waals surface area contributed by atoms with E-state index in [1.165, 1.54) is 13.3 Å². The Bertz CT molecular complexity index is 467. The lowest BCUT2D eigenvalue weighted by Gasteiger charge is -2.01. The standard InChI is InChI=1S/C9H8N4O2/c1-15-9(14)8-11-3-2-7(12-8)13-5-4-10-6-13/h2-6H,1H3. The number of aromatic nitrogens is 4. The number of hydrogen-bond acceptors (Lipinski definition) is 5. The summed E-state index contributed by atoms with van der Waals surface area (Å²) in [6, 6.07) is 1.67. The highest BCUT2D eigenvalue weighted by Crippen LogP contribution is 2.03. The molecule has 0 unspecified atom stereocenters. The van der Waals surface area contributed by atoms with Gasteiger partial charge in [0.05, 0.1) is 7.11 Å². The molecule has 0 aliphatic carbocycles. The van der Waals surface area contributed by atoms with Gasteiger partial charge in [0, 0.05) is 18.6 Å². The molecule has 2 aromatic rings. The van der Waals surface area contributed by atoms with Crippen LogP contribution in [0.15, 0.2) is 31.0 Å². The van der Waals surface area contributed by atoms with Gasteiger partial charge in [-0.1, -0.05) is 0 Å². The van der Waals surface area contributed by atoms with E-state index in [1.54, 1.807) is 29.4 Å². The summed E-state index contributed by atoms with van der Waals surface area (Å²) >= 11 is 0. The van der Waals surface area contributed by atoms with E-state index in [1.807, 2.05) is 0 Å². The predicted octanol–water partition coefficient (Wildman–Crippen LogP) is 0.449. The molecule has 0 N–H and O–H groups in total. The van der Waals surface area contributed by atoms with Gasteiger partial charge in [-0.15, -0.1) is 0 Å². The van der Waals surface area contributed by atoms with E-state index in [-0.39, 0.29) is 5.82 Å². The predicted molar refractivity (Wildman–Crippen MR) is 50.5 cm³/mol. The first-order valence-corrected chi connectivity index (χ1v) is 4.21. The maximum atomic E-state index is 11.2. The van der Waals surface area contributed by atoms with Crippen LogP contribution in [0.5, 0.6) is 0 Å². The Morgan fingerprint density at radius 2 is 2.33 bits per heavy atom. The van der Waals surface area contributed by atoms with E-state index >= 15 is 0 Å². The Hall–Kier alpha value is -2.24. The van der Waals surface area contributed by atoms with Crippen molar-refractivity contribution in [2.75, 3.05) is 7.11 Å². The number of imidazole rings is 1. The fourth-order valence-corrected chi connectivity index (χ4v) is 1.08. The monoisotopic (exact) mass is 204 g/mol. The second-order valence-corrected chi connectivity index (χ2v) is 2.70. The van der Waals surface area contributed by atoms with E-state index in [9.17, 15) is 4.79 Å². The molecule has 15 heavy (non-hydrogen) atoms. The Morgan fingerprint density at radius 3 is 3.00 bits per heavy atom. The van der Waals surface area contributed by atoms with Gasteiger partial charge in [-0.25, -0.2) is 19.7 Å². The van der Waals surface area contributed by atoms with E-state index in [0.717, 1.165) is 0 Å². The highest BCUT2D eigenvalue weighted by molar-refractivity contribution is 5.85. The zero-order chi connectivity index (χ0) is 10.7. The molecule has 2 rings (SSSR count). The summed E-state index contributed by atoms with van der Waals surface area (Å²) in [5, 5.41) is 0. The van der Waals surface area contributed by atoms with Crippen molar-refractivity contribution in [2.24, 2.45) is 0 Å². The lowest BCUT2D eigenvalue weighted by Crippen LogP contribution is -2.09. The molecule has 0 spiro atoms. The molecule has 0 atom stereocenters. The summed E-state index contributed by atoms with van der Waals surface area (Å²) in [6.07, 6.45) is 6.43. The van der Waals surface area contributed by atoms with Gasteiger partial charge in [0.15, 0.2) is 0 Å². The molecule has 6 nitrogen and oxygen atoms in total. The molecular weight excluding hydrogens is 196 g/mol. The lowest BCUT2D eigenvalue weighted by atomic mass is 10.5. The number of methoxy groups -OCH3 is 1. The molecule has 0 fully saturated rings. The van der Waals surface area contributed by atoms with Gasteiger partial charge < -0.3 is 4.74 Å². The molecule has 0 saturated carbocycles. The van der Waals surface area contributed by atoms with Gasteiger partial charge in [-0.3, -0.25) is 4.57 Å². The Balaban J connectivity index is 2.39. The molecule has 2 aromatic heterocycles. The SMILES string of the molecule is COC(=O)c1nccc(-n2ccnc2)n1. The van der Waals surface area contributed by atoms with Crippen LogP contribution in [0.4, 0.5) is 0 Å². The molecule has 0 aromatic carbocycles. The average Bonchev–Trinajstić information content (AvgIpc) is 2.82. The van der Waals surface area contributed by atoms with Crippen molar-refractivity contribution < 1.29 is 9.53 Å². The third-order valence-electron chi connectivity index (χ3n) is 1.78. The third-order valence-corrected chi connectivity index (χ3v) is 1.78. The summed E-state index contributed by atoms with van der Waals surface area (Å²) in [5.41, 5.74) is 0.